The number of aryl methyl sites for hydroxylation is 1. The molecule has 4 rings (SSSR count). The Hall–Kier alpha value is -3.63. The molecule has 0 bridgehead atoms. The molecule has 3 aromatic carbocycles. The van der Waals surface area contributed by atoms with Crippen LogP contribution in [0.5, 0.6) is 28.7 Å². The SMILES string of the molecule is COc1ccc(CN(C(=O)CSC(=S)N2CCCc3cc(OC)ccc32)c2cc(OC)c(OC)c(OC)c2)cc1. The Kier molecular flexibility index (Phi) is 10.0. The van der Waals surface area contributed by atoms with E-state index in [2.05, 4.69) is 11.0 Å². The number of methoxy groups -OCH3 is 5. The van der Waals surface area contributed by atoms with Gasteiger partial charge in [-0.25, -0.2) is 0 Å². The van der Waals surface area contributed by atoms with Crippen molar-refractivity contribution in [3.63, 3.8) is 0 Å². The summed E-state index contributed by atoms with van der Waals surface area (Å²) >= 11 is 7.18. The summed E-state index contributed by atoms with van der Waals surface area (Å²) in [5.41, 5.74) is 3.82. The molecule has 0 saturated carbocycles. The summed E-state index contributed by atoms with van der Waals surface area (Å²) in [4.78, 5) is 17.6. The summed E-state index contributed by atoms with van der Waals surface area (Å²) in [6, 6.07) is 17.2. The first kappa shape index (κ1) is 29.4. The van der Waals surface area contributed by atoms with E-state index in [1.807, 2.05) is 36.4 Å². The van der Waals surface area contributed by atoms with Crippen LogP contribution in [0.1, 0.15) is 17.5 Å². The van der Waals surface area contributed by atoms with Gasteiger partial charge in [-0.3, -0.25) is 4.79 Å². The first-order valence-corrected chi connectivity index (χ1v) is 14.2. The Bertz CT molecular complexity index is 1320. The third kappa shape index (κ3) is 6.56. The molecule has 212 valence electrons. The normalized spacial score (nSPS) is 12.3. The molecule has 0 spiro atoms. The number of fused-ring (bicyclic) bond motifs is 1. The van der Waals surface area contributed by atoms with E-state index < -0.39 is 0 Å². The fraction of sp³-hybridized carbons (Fsp3) is 0.333. The van der Waals surface area contributed by atoms with Gasteiger partial charge in [0.05, 0.1) is 53.5 Å². The number of thiocarbonyl (C=S) groups is 1. The maximum Gasteiger partial charge on any atom is 0.237 e. The fourth-order valence-electron chi connectivity index (χ4n) is 4.63. The molecule has 1 aliphatic heterocycles. The van der Waals surface area contributed by atoms with Crippen LogP contribution in [0, 0.1) is 0 Å². The second-order valence-electron chi connectivity index (χ2n) is 9.02. The second kappa shape index (κ2) is 13.6. The van der Waals surface area contributed by atoms with Crippen molar-refractivity contribution in [1.82, 2.24) is 0 Å². The van der Waals surface area contributed by atoms with Crippen LogP contribution in [-0.4, -0.2) is 58.1 Å². The highest BCUT2D eigenvalue weighted by atomic mass is 32.2. The Morgan fingerprint density at radius 2 is 1.52 bits per heavy atom. The molecule has 0 atom stereocenters. The molecule has 3 aromatic rings. The number of rotatable bonds is 10. The smallest absolute Gasteiger partial charge is 0.237 e. The summed E-state index contributed by atoms with van der Waals surface area (Å²) in [5.74, 6) is 3.02. The third-order valence-electron chi connectivity index (χ3n) is 6.71. The average molecular weight is 583 g/mol. The number of carbonyl (C=O) groups excluding carboxylic acids is 1. The number of carbonyl (C=O) groups is 1. The van der Waals surface area contributed by atoms with E-state index in [1.54, 1.807) is 52.6 Å². The van der Waals surface area contributed by atoms with E-state index in [-0.39, 0.29) is 11.7 Å². The quantitative estimate of drug-likeness (QED) is 0.279. The summed E-state index contributed by atoms with van der Waals surface area (Å²) in [5, 5.41) is 0. The van der Waals surface area contributed by atoms with Crippen LogP contribution < -0.4 is 33.5 Å². The van der Waals surface area contributed by atoms with Gasteiger partial charge in [0.15, 0.2) is 11.5 Å². The molecule has 0 aromatic heterocycles. The van der Waals surface area contributed by atoms with Crippen LogP contribution in [-0.2, 0) is 17.8 Å². The maximum atomic E-state index is 13.8. The van der Waals surface area contributed by atoms with Gasteiger partial charge in [-0.1, -0.05) is 36.1 Å². The van der Waals surface area contributed by atoms with Crippen LogP contribution in [0.15, 0.2) is 54.6 Å². The minimum Gasteiger partial charge on any atom is -0.497 e. The molecule has 0 saturated heterocycles. The predicted molar refractivity (Wildman–Crippen MR) is 164 cm³/mol. The van der Waals surface area contributed by atoms with Gasteiger partial charge < -0.3 is 33.5 Å². The lowest BCUT2D eigenvalue weighted by Crippen LogP contribution is -2.35. The zero-order valence-electron chi connectivity index (χ0n) is 23.4. The van der Waals surface area contributed by atoms with E-state index in [1.165, 1.54) is 17.3 Å². The fourth-order valence-corrected chi connectivity index (χ4v) is 5.74. The van der Waals surface area contributed by atoms with E-state index >= 15 is 0 Å². The van der Waals surface area contributed by atoms with Crippen molar-refractivity contribution < 1.29 is 28.5 Å². The van der Waals surface area contributed by atoms with Gasteiger partial charge >= 0.3 is 0 Å². The molecular formula is C30H34N2O6S2. The molecule has 8 nitrogen and oxygen atoms in total. The van der Waals surface area contributed by atoms with E-state index in [4.69, 9.17) is 35.9 Å². The molecule has 0 N–H and O–H groups in total. The molecule has 0 aliphatic carbocycles. The number of anilines is 2. The molecule has 0 fully saturated rings. The van der Waals surface area contributed by atoms with Crippen molar-refractivity contribution >= 4 is 45.6 Å². The zero-order chi connectivity index (χ0) is 28.6. The monoisotopic (exact) mass is 582 g/mol. The number of hydrogen-bond acceptors (Lipinski definition) is 8. The highest BCUT2D eigenvalue weighted by molar-refractivity contribution is 8.23. The Labute approximate surface area is 245 Å². The lowest BCUT2D eigenvalue weighted by Gasteiger charge is -2.31. The molecular weight excluding hydrogens is 548 g/mol. The van der Waals surface area contributed by atoms with Gasteiger partial charge in [0.1, 0.15) is 15.8 Å². The molecule has 10 heteroatoms. The molecule has 0 unspecified atom stereocenters. The third-order valence-corrected chi connectivity index (χ3v) is 8.14. The number of ether oxygens (including phenoxy) is 5. The number of thioether (sulfide) groups is 1. The number of nitrogens with zero attached hydrogens (tertiary/aromatic N) is 2. The topological polar surface area (TPSA) is 69.7 Å². The highest BCUT2D eigenvalue weighted by Crippen LogP contribution is 2.41. The van der Waals surface area contributed by atoms with Crippen LogP contribution >= 0.6 is 24.0 Å². The minimum absolute atomic E-state index is 0.107. The molecule has 1 amide bonds. The molecule has 0 radical (unpaired) electrons. The van der Waals surface area contributed by atoms with Gasteiger partial charge in [0.2, 0.25) is 11.7 Å². The second-order valence-corrected chi connectivity index (χ2v) is 10.6. The summed E-state index contributed by atoms with van der Waals surface area (Å²) in [6.45, 7) is 1.14. The van der Waals surface area contributed by atoms with Gasteiger partial charge in [0, 0.05) is 24.4 Å². The van der Waals surface area contributed by atoms with Crippen molar-refractivity contribution in [2.75, 3.05) is 57.6 Å². The summed E-state index contributed by atoms with van der Waals surface area (Å²) in [6.07, 6.45) is 1.94. The lowest BCUT2D eigenvalue weighted by atomic mass is 10.0. The Morgan fingerprint density at radius 1 is 0.875 bits per heavy atom. The maximum absolute atomic E-state index is 13.8. The van der Waals surface area contributed by atoms with Gasteiger partial charge in [0.25, 0.3) is 0 Å². The first-order valence-electron chi connectivity index (χ1n) is 12.8. The van der Waals surface area contributed by atoms with E-state index in [9.17, 15) is 4.79 Å². The Morgan fingerprint density at radius 3 is 2.12 bits per heavy atom. The standard InChI is InChI=1S/C30H34N2O6S2/c1-34-23-10-8-20(9-11-23)18-32(22-16-26(36-3)29(38-5)27(17-22)37-4)28(33)19-40-30(39)31-14-6-7-21-15-24(35-2)12-13-25(21)31/h8-13,15-17H,6-7,14,18-19H2,1-5H3. The van der Waals surface area contributed by atoms with Crippen molar-refractivity contribution in [3.8, 4) is 28.7 Å². The van der Waals surface area contributed by atoms with E-state index in [0.717, 1.165) is 42.1 Å². The van der Waals surface area contributed by atoms with Crippen LogP contribution in [0.3, 0.4) is 0 Å². The minimum atomic E-state index is -0.107. The number of hydrogen-bond donors (Lipinski definition) is 0. The van der Waals surface area contributed by atoms with Gasteiger partial charge in [-0.2, -0.15) is 0 Å². The van der Waals surface area contributed by atoms with Crippen LogP contribution in [0.2, 0.25) is 0 Å². The summed E-state index contributed by atoms with van der Waals surface area (Å²) in [7, 11) is 7.94. The van der Waals surface area contributed by atoms with Crippen molar-refractivity contribution in [1.29, 1.82) is 0 Å². The molecule has 1 aliphatic rings. The highest BCUT2D eigenvalue weighted by Gasteiger charge is 2.25. The van der Waals surface area contributed by atoms with Crippen LogP contribution in [0.25, 0.3) is 0 Å². The van der Waals surface area contributed by atoms with Crippen molar-refractivity contribution in [3.05, 3.63) is 65.7 Å². The van der Waals surface area contributed by atoms with Crippen LogP contribution in [0.4, 0.5) is 11.4 Å². The van der Waals surface area contributed by atoms with Gasteiger partial charge in [-0.05, 0) is 54.3 Å². The number of benzene rings is 3. The predicted octanol–water partition coefficient (Wildman–Crippen LogP) is 5.73. The van der Waals surface area contributed by atoms with Gasteiger partial charge in [-0.15, -0.1) is 0 Å². The number of amides is 1. The Balaban J connectivity index is 1.58. The first-order chi connectivity index (χ1) is 19.4. The van der Waals surface area contributed by atoms with E-state index in [0.29, 0.717) is 33.8 Å². The molecule has 40 heavy (non-hydrogen) atoms. The lowest BCUT2D eigenvalue weighted by molar-refractivity contribution is -0.116. The van der Waals surface area contributed by atoms with Crippen molar-refractivity contribution in [2.45, 2.75) is 19.4 Å². The average Bonchev–Trinajstić information content (AvgIpc) is 3.01. The molecule has 1 heterocycles. The van der Waals surface area contributed by atoms with Crippen molar-refractivity contribution in [2.24, 2.45) is 0 Å². The zero-order valence-corrected chi connectivity index (χ0v) is 25.0. The largest absolute Gasteiger partial charge is 0.497 e. The summed E-state index contributed by atoms with van der Waals surface area (Å²) < 4.78 is 27.9.